The fraction of sp³-hybridized carbons (Fsp3) is 0.533. The Bertz CT molecular complexity index is 419. The minimum Gasteiger partial charge on any atom is -0.299 e. The first-order valence-corrected chi connectivity index (χ1v) is 6.31. The monoisotopic (exact) mass is 228 g/mol. The second-order valence-electron chi connectivity index (χ2n) is 5.71. The van der Waals surface area contributed by atoms with Crippen LogP contribution in [-0.4, -0.2) is 18.0 Å². The van der Waals surface area contributed by atoms with Gasteiger partial charge in [0, 0.05) is 6.54 Å². The van der Waals surface area contributed by atoms with E-state index in [1.54, 1.807) is 0 Å². The molecule has 0 unspecified atom stereocenters. The Labute approximate surface area is 104 Å². The average molecular weight is 228 g/mol. The van der Waals surface area contributed by atoms with Crippen LogP contribution in [0.1, 0.15) is 37.8 Å². The molecule has 0 atom stereocenters. The van der Waals surface area contributed by atoms with Crippen molar-refractivity contribution in [1.82, 2.24) is 4.90 Å². The van der Waals surface area contributed by atoms with E-state index in [-0.39, 0.29) is 0 Å². The number of likely N-dealkylation sites (tertiary alicyclic amines) is 1. The quantitative estimate of drug-likeness (QED) is 0.777. The van der Waals surface area contributed by atoms with E-state index in [1.807, 2.05) is 18.2 Å². The van der Waals surface area contributed by atoms with Crippen molar-refractivity contribution in [1.29, 1.82) is 5.26 Å². The summed E-state index contributed by atoms with van der Waals surface area (Å²) in [6, 6.07) is 10.2. The number of nitriles is 1. The summed E-state index contributed by atoms with van der Waals surface area (Å²) in [5.41, 5.74) is 2.47. The summed E-state index contributed by atoms with van der Waals surface area (Å²) in [4.78, 5) is 2.46. The third kappa shape index (κ3) is 3.08. The van der Waals surface area contributed by atoms with E-state index < -0.39 is 0 Å². The summed E-state index contributed by atoms with van der Waals surface area (Å²) in [7, 11) is 0. The van der Waals surface area contributed by atoms with Crippen molar-refractivity contribution in [2.75, 3.05) is 13.1 Å². The largest absolute Gasteiger partial charge is 0.299 e. The SMILES string of the molecule is CC1(C)CCN(Cc2ccccc2C#N)CC1. The zero-order valence-electron chi connectivity index (χ0n) is 10.7. The minimum atomic E-state index is 0.491. The van der Waals surface area contributed by atoms with E-state index in [4.69, 9.17) is 5.26 Å². The van der Waals surface area contributed by atoms with Gasteiger partial charge in [-0.15, -0.1) is 0 Å². The van der Waals surface area contributed by atoms with Crippen molar-refractivity contribution < 1.29 is 0 Å². The Hall–Kier alpha value is -1.33. The first-order chi connectivity index (χ1) is 8.11. The summed E-state index contributed by atoms with van der Waals surface area (Å²) in [6.45, 7) is 7.89. The lowest BCUT2D eigenvalue weighted by Gasteiger charge is -2.37. The van der Waals surface area contributed by atoms with Crippen LogP contribution >= 0.6 is 0 Å². The van der Waals surface area contributed by atoms with Crippen molar-refractivity contribution in [3.05, 3.63) is 35.4 Å². The molecule has 1 saturated heterocycles. The lowest BCUT2D eigenvalue weighted by atomic mass is 9.82. The van der Waals surface area contributed by atoms with Crippen LogP contribution in [0.3, 0.4) is 0 Å². The van der Waals surface area contributed by atoms with Gasteiger partial charge in [0.2, 0.25) is 0 Å². The molecule has 17 heavy (non-hydrogen) atoms. The van der Waals surface area contributed by atoms with Crippen LogP contribution in [0, 0.1) is 16.7 Å². The lowest BCUT2D eigenvalue weighted by molar-refractivity contribution is 0.127. The number of rotatable bonds is 2. The standard InChI is InChI=1S/C15H20N2/c1-15(2)7-9-17(10-8-15)12-14-6-4-3-5-13(14)11-16/h3-6H,7-10,12H2,1-2H3. The minimum absolute atomic E-state index is 0.491. The molecule has 0 N–H and O–H groups in total. The van der Waals surface area contributed by atoms with Gasteiger partial charge in [0.05, 0.1) is 11.6 Å². The average Bonchev–Trinajstić information content (AvgIpc) is 2.32. The second kappa shape index (κ2) is 4.89. The Balaban J connectivity index is 2.01. The van der Waals surface area contributed by atoms with Gasteiger partial charge in [-0.05, 0) is 43.0 Å². The highest BCUT2D eigenvalue weighted by molar-refractivity contribution is 5.37. The van der Waals surface area contributed by atoms with Gasteiger partial charge < -0.3 is 0 Å². The molecule has 0 spiro atoms. The highest BCUT2D eigenvalue weighted by atomic mass is 15.1. The molecule has 2 heteroatoms. The molecule has 2 nitrogen and oxygen atoms in total. The Kier molecular flexibility index (Phi) is 3.49. The fourth-order valence-corrected chi connectivity index (χ4v) is 2.32. The van der Waals surface area contributed by atoms with Gasteiger partial charge in [0.1, 0.15) is 0 Å². The van der Waals surface area contributed by atoms with E-state index in [1.165, 1.54) is 12.8 Å². The molecule has 0 bridgehead atoms. The maximum Gasteiger partial charge on any atom is 0.0995 e. The molecule has 0 aromatic heterocycles. The predicted octanol–water partition coefficient (Wildman–Crippen LogP) is 3.18. The van der Waals surface area contributed by atoms with Gasteiger partial charge in [-0.25, -0.2) is 0 Å². The topological polar surface area (TPSA) is 27.0 Å². The molecule has 0 radical (unpaired) electrons. The van der Waals surface area contributed by atoms with E-state index in [2.05, 4.69) is 30.9 Å². The molecule has 1 aliphatic rings. The summed E-state index contributed by atoms with van der Waals surface area (Å²) in [5, 5.41) is 9.06. The molecular weight excluding hydrogens is 208 g/mol. The molecule has 0 aliphatic carbocycles. The third-order valence-corrected chi connectivity index (χ3v) is 3.74. The Morgan fingerprint density at radius 2 is 1.88 bits per heavy atom. The first kappa shape index (κ1) is 12.1. The van der Waals surface area contributed by atoms with E-state index in [9.17, 15) is 0 Å². The Morgan fingerprint density at radius 1 is 1.24 bits per heavy atom. The third-order valence-electron chi connectivity index (χ3n) is 3.74. The lowest BCUT2D eigenvalue weighted by Crippen LogP contribution is -2.36. The van der Waals surface area contributed by atoms with Crippen LogP contribution in [0.4, 0.5) is 0 Å². The predicted molar refractivity (Wildman–Crippen MR) is 69.4 cm³/mol. The van der Waals surface area contributed by atoms with E-state index >= 15 is 0 Å². The molecule has 1 fully saturated rings. The first-order valence-electron chi connectivity index (χ1n) is 6.31. The summed E-state index contributed by atoms with van der Waals surface area (Å²) >= 11 is 0. The van der Waals surface area contributed by atoms with Gasteiger partial charge >= 0.3 is 0 Å². The highest BCUT2D eigenvalue weighted by Crippen LogP contribution is 2.30. The maximum atomic E-state index is 9.06. The summed E-state index contributed by atoms with van der Waals surface area (Å²) in [6.07, 6.45) is 2.50. The van der Waals surface area contributed by atoms with Crippen molar-refractivity contribution in [3.8, 4) is 6.07 Å². The number of benzene rings is 1. The zero-order valence-corrected chi connectivity index (χ0v) is 10.7. The van der Waals surface area contributed by atoms with Gasteiger partial charge in [-0.2, -0.15) is 5.26 Å². The molecule has 0 amide bonds. The zero-order chi connectivity index (χ0) is 12.3. The molecule has 1 heterocycles. The highest BCUT2D eigenvalue weighted by Gasteiger charge is 2.25. The molecule has 90 valence electrons. The van der Waals surface area contributed by atoms with Crippen LogP contribution in [0.5, 0.6) is 0 Å². The van der Waals surface area contributed by atoms with Crippen LogP contribution in [0.25, 0.3) is 0 Å². The number of nitrogens with zero attached hydrogens (tertiary/aromatic N) is 2. The molecular formula is C15H20N2. The smallest absolute Gasteiger partial charge is 0.0995 e. The fourth-order valence-electron chi connectivity index (χ4n) is 2.32. The van der Waals surface area contributed by atoms with E-state index in [0.717, 1.165) is 30.8 Å². The normalized spacial score (nSPS) is 19.8. The second-order valence-corrected chi connectivity index (χ2v) is 5.71. The van der Waals surface area contributed by atoms with Gasteiger partial charge in [0.15, 0.2) is 0 Å². The molecule has 1 aromatic rings. The van der Waals surface area contributed by atoms with Crippen LogP contribution < -0.4 is 0 Å². The molecule has 2 rings (SSSR count). The molecule has 1 aliphatic heterocycles. The van der Waals surface area contributed by atoms with Crippen LogP contribution in [-0.2, 0) is 6.54 Å². The van der Waals surface area contributed by atoms with E-state index in [0.29, 0.717) is 5.41 Å². The van der Waals surface area contributed by atoms with Crippen molar-refractivity contribution in [2.45, 2.75) is 33.2 Å². The number of hydrogen-bond acceptors (Lipinski definition) is 2. The van der Waals surface area contributed by atoms with Crippen LogP contribution in [0.2, 0.25) is 0 Å². The maximum absolute atomic E-state index is 9.06. The van der Waals surface area contributed by atoms with Crippen molar-refractivity contribution >= 4 is 0 Å². The molecule has 0 saturated carbocycles. The Morgan fingerprint density at radius 3 is 2.53 bits per heavy atom. The van der Waals surface area contributed by atoms with Crippen molar-refractivity contribution in [2.24, 2.45) is 5.41 Å². The van der Waals surface area contributed by atoms with Crippen molar-refractivity contribution in [3.63, 3.8) is 0 Å². The van der Waals surface area contributed by atoms with Crippen LogP contribution in [0.15, 0.2) is 24.3 Å². The molecule has 1 aromatic carbocycles. The van der Waals surface area contributed by atoms with Gasteiger partial charge in [0.25, 0.3) is 0 Å². The summed E-state index contributed by atoms with van der Waals surface area (Å²) < 4.78 is 0. The van der Waals surface area contributed by atoms with Gasteiger partial charge in [-0.1, -0.05) is 32.0 Å². The summed E-state index contributed by atoms with van der Waals surface area (Å²) in [5.74, 6) is 0. The van der Waals surface area contributed by atoms with Gasteiger partial charge in [-0.3, -0.25) is 4.90 Å². The number of piperidine rings is 1. The number of hydrogen-bond donors (Lipinski definition) is 0.